The Morgan fingerprint density at radius 1 is 1.29 bits per heavy atom. The first-order valence-corrected chi connectivity index (χ1v) is 9.45. The van der Waals surface area contributed by atoms with Crippen molar-refractivity contribution in [3.05, 3.63) is 59.9 Å². The monoisotopic (exact) mass is 377 g/mol. The second kappa shape index (κ2) is 5.92. The van der Waals surface area contributed by atoms with Crippen LogP contribution in [-0.4, -0.2) is 34.3 Å². The standard InChI is InChI=1S/C22H20FN3O2/c1-2-18(27)26-10-11-7-12(26)8-14(11)19-16(23)9-15(22(24)28)21-20(19)13-5-3-4-6-17(13)25-21/h2-6,9,11-12,14,25H,1,7-8,10H2,(H2,24,28)/t11-,12-,14?/m1/s1. The number of aromatic amines is 1. The first-order valence-electron chi connectivity index (χ1n) is 9.45. The van der Waals surface area contributed by atoms with Gasteiger partial charge in [-0.2, -0.15) is 0 Å². The van der Waals surface area contributed by atoms with Crippen molar-refractivity contribution in [1.82, 2.24) is 9.88 Å². The molecule has 1 saturated heterocycles. The van der Waals surface area contributed by atoms with Gasteiger partial charge < -0.3 is 15.6 Å². The Morgan fingerprint density at radius 2 is 2.07 bits per heavy atom. The van der Waals surface area contributed by atoms with E-state index in [1.54, 1.807) is 0 Å². The molecule has 2 heterocycles. The molecule has 1 aromatic heterocycles. The highest BCUT2D eigenvalue weighted by molar-refractivity contribution is 6.16. The van der Waals surface area contributed by atoms with Gasteiger partial charge in [-0.15, -0.1) is 0 Å². The van der Waals surface area contributed by atoms with Gasteiger partial charge in [-0.1, -0.05) is 24.8 Å². The number of H-pyrrole nitrogens is 1. The predicted octanol–water partition coefficient (Wildman–Crippen LogP) is 3.45. The third kappa shape index (κ3) is 2.24. The number of fused-ring (bicyclic) bond motifs is 5. The van der Waals surface area contributed by atoms with Gasteiger partial charge in [-0.05, 0) is 42.9 Å². The van der Waals surface area contributed by atoms with Crippen molar-refractivity contribution < 1.29 is 14.0 Å². The van der Waals surface area contributed by atoms with E-state index in [0.29, 0.717) is 24.0 Å². The summed E-state index contributed by atoms with van der Waals surface area (Å²) in [6.07, 6.45) is 2.92. The number of piperidine rings is 1. The number of nitrogens with two attached hydrogens (primary N) is 1. The number of rotatable bonds is 3. The SMILES string of the molecule is C=CC(=O)N1C[C@H]2C[C@@H]1CC2c1c(F)cc(C(N)=O)c2[nH]c3ccccc3c12. The smallest absolute Gasteiger partial charge is 0.250 e. The summed E-state index contributed by atoms with van der Waals surface area (Å²) in [6.45, 7) is 4.19. The molecule has 1 aliphatic carbocycles. The average Bonchev–Trinajstić information content (AvgIpc) is 3.38. The number of nitrogens with one attached hydrogen (secondary N) is 1. The molecule has 2 aromatic carbocycles. The van der Waals surface area contributed by atoms with Gasteiger partial charge in [0.25, 0.3) is 5.91 Å². The molecule has 2 aliphatic rings. The fraction of sp³-hybridized carbons (Fsp3) is 0.273. The minimum atomic E-state index is -0.655. The molecule has 3 aromatic rings. The quantitative estimate of drug-likeness (QED) is 0.686. The van der Waals surface area contributed by atoms with Crippen molar-refractivity contribution in [3.8, 4) is 0 Å². The van der Waals surface area contributed by atoms with E-state index in [1.165, 1.54) is 12.1 Å². The number of para-hydroxylation sites is 1. The highest BCUT2D eigenvalue weighted by Crippen LogP contribution is 2.50. The summed E-state index contributed by atoms with van der Waals surface area (Å²) in [6, 6.07) is 9.01. The van der Waals surface area contributed by atoms with Gasteiger partial charge in [0.05, 0.1) is 11.1 Å². The number of carbonyl (C=O) groups excluding carboxylic acids is 2. The van der Waals surface area contributed by atoms with Crippen molar-refractivity contribution >= 4 is 33.6 Å². The van der Waals surface area contributed by atoms with Crippen LogP contribution in [0.3, 0.4) is 0 Å². The maximum Gasteiger partial charge on any atom is 0.250 e. The maximum absolute atomic E-state index is 15.3. The summed E-state index contributed by atoms with van der Waals surface area (Å²) in [5.41, 5.74) is 7.76. The molecule has 2 fully saturated rings. The van der Waals surface area contributed by atoms with Crippen LogP contribution in [0.2, 0.25) is 0 Å². The molecule has 3 atom stereocenters. The molecular weight excluding hydrogens is 357 g/mol. The third-order valence-electron chi connectivity index (χ3n) is 6.41. The third-order valence-corrected chi connectivity index (χ3v) is 6.41. The van der Waals surface area contributed by atoms with Gasteiger partial charge in [-0.25, -0.2) is 4.39 Å². The van der Waals surface area contributed by atoms with Gasteiger partial charge in [0.15, 0.2) is 0 Å². The van der Waals surface area contributed by atoms with Crippen molar-refractivity contribution in [1.29, 1.82) is 0 Å². The molecule has 5 rings (SSSR count). The molecule has 5 nitrogen and oxygen atoms in total. The lowest BCUT2D eigenvalue weighted by Gasteiger charge is -2.31. The van der Waals surface area contributed by atoms with Crippen LogP contribution in [0.15, 0.2) is 43.0 Å². The lowest BCUT2D eigenvalue weighted by molar-refractivity contribution is -0.127. The summed E-state index contributed by atoms with van der Waals surface area (Å²) in [5, 5.41) is 1.62. The van der Waals surface area contributed by atoms with Crippen LogP contribution in [0.25, 0.3) is 21.8 Å². The first kappa shape index (κ1) is 17.0. The Hall–Kier alpha value is -3.15. The van der Waals surface area contributed by atoms with Crippen LogP contribution < -0.4 is 5.73 Å². The van der Waals surface area contributed by atoms with Crippen LogP contribution in [0.4, 0.5) is 4.39 Å². The molecule has 2 bridgehead atoms. The number of hydrogen-bond acceptors (Lipinski definition) is 2. The average molecular weight is 377 g/mol. The lowest BCUT2D eigenvalue weighted by atomic mass is 9.83. The molecule has 1 unspecified atom stereocenters. The first-order chi connectivity index (χ1) is 13.5. The van der Waals surface area contributed by atoms with Gasteiger partial charge >= 0.3 is 0 Å². The predicted molar refractivity (Wildman–Crippen MR) is 105 cm³/mol. The Balaban J connectivity index is 1.70. The number of halogens is 1. The van der Waals surface area contributed by atoms with E-state index in [9.17, 15) is 9.59 Å². The van der Waals surface area contributed by atoms with Gasteiger partial charge in [-0.3, -0.25) is 9.59 Å². The molecule has 1 saturated carbocycles. The number of nitrogens with zero attached hydrogens (tertiary/aromatic N) is 1. The Labute approximate surface area is 161 Å². The molecule has 28 heavy (non-hydrogen) atoms. The zero-order valence-corrected chi connectivity index (χ0v) is 15.2. The Morgan fingerprint density at radius 3 is 2.75 bits per heavy atom. The van der Waals surface area contributed by atoms with E-state index in [1.807, 2.05) is 29.2 Å². The van der Waals surface area contributed by atoms with Crippen LogP contribution in [0, 0.1) is 11.7 Å². The van der Waals surface area contributed by atoms with Crippen molar-refractivity contribution in [2.24, 2.45) is 11.7 Å². The number of benzene rings is 2. The summed E-state index contributed by atoms with van der Waals surface area (Å²) in [7, 11) is 0. The number of primary amides is 1. The fourth-order valence-corrected chi connectivity index (χ4v) is 5.27. The van der Waals surface area contributed by atoms with Crippen LogP contribution in [0.5, 0.6) is 0 Å². The van der Waals surface area contributed by atoms with E-state index < -0.39 is 11.7 Å². The van der Waals surface area contributed by atoms with Gasteiger partial charge in [0, 0.05) is 34.4 Å². The topological polar surface area (TPSA) is 79.2 Å². The van der Waals surface area contributed by atoms with E-state index in [4.69, 9.17) is 5.73 Å². The summed E-state index contributed by atoms with van der Waals surface area (Å²) < 4.78 is 15.3. The van der Waals surface area contributed by atoms with Crippen LogP contribution in [0.1, 0.15) is 34.7 Å². The van der Waals surface area contributed by atoms with Gasteiger partial charge in [0.2, 0.25) is 5.91 Å². The number of hydrogen-bond donors (Lipinski definition) is 2. The second-order valence-electron chi connectivity index (χ2n) is 7.79. The summed E-state index contributed by atoms with van der Waals surface area (Å²) in [5.74, 6) is -0.919. The highest BCUT2D eigenvalue weighted by Gasteiger charge is 2.47. The largest absolute Gasteiger partial charge is 0.366 e. The van der Waals surface area contributed by atoms with Gasteiger partial charge in [0.1, 0.15) is 5.82 Å². The number of likely N-dealkylation sites (tertiary alicyclic amines) is 1. The molecular formula is C22H20FN3O2. The molecule has 142 valence electrons. The molecule has 1 aliphatic heterocycles. The molecule has 0 radical (unpaired) electrons. The number of carbonyl (C=O) groups is 2. The van der Waals surface area contributed by atoms with Crippen molar-refractivity contribution in [2.45, 2.75) is 24.8 Å². The van der Waals surface area contributed by atoms with E-state index in [2.05, 4.69) is 11.6 Å². The van der Waals surface area contributed by atoms with Crippen molar-refractivity contribution in [2.75, 3.05) is 6.54 Å². The number of aromatic nitrogens is 1. The highest BCUT2D eigenvalue weighted by atomic mass is 19.1. The summed E-state index contributed by atoms with van der Waals surface area (Å²) >= 11 is 0. The normalized spacial score (nSPS) is 23.6. The Bertz CT molecular complexity index is 1170. The summed E-state index contributed by atoms with van der Waals surface area (Å²) in [4.78, 5) is 29.1. The van der Waals surface area contributed by atoms with Crippen LogP contribution >= 0.6 is 0 Å². The van der Waals surface area contributed by atoms with E-state index in [0.717, 1.165) is 22.7 Å². The van der Waals surface area contributed by atoms with E-state index in [-0.39, 0.29) is 29.3 Å². The zero-order chi connectivity index (χ0) is 19.6. The van der Waals surface area contributed by atoms with E-state index >= 15 is 4.39 Å². The lowest BCUT2D eigenvalue weighted by Crippen LogP contribution is -2.38. The molecule has 3 N–H and O–H groups in total. The second-order valence-corrected chi connectivity index (χ2v) is 7.79. The zero-order valence-electron chi connectivity index (χ0n) is 15.2. The molecule has 2 amide bonds. The molecule has 0 spiro atoms. The van der Waals surface area contributed by atoms with Crippen LogP contribution in [-0.2, 0) is 4.79 Å². The Kier molecular flexibility index (Phi) is 3.59. The minimum Gasteiger partial charge on any atom is -0.366 e. The minimum absolute atomic E-state index is 0.00231. The molecule has 6 heteroatoms. The fourth-order valence-electron chi connectivity index (χ4n) is 5.27. The maximum atomic E-state index is 15.3. The van der Waals surface area contributed by atoms with Crippen molar-refractivity contribution in [3.63, 3.8) is 0 Å². The number of amides is 2.